The van der Waals surface area contributed by atoms with Gasteiger partial charge in [-0.15, -0.1) is 0 Å². The molecule has 0 amide bonds. The molecule has 126 valence electrons. The monoisotopic (exact) mass is 325 g/mol. The fourth-order valence-corrected chi connectivity index (χ4v) is 3.24. The molecule has 1 N–H and O–H groups in total. The fourth-order valence-electron chi connectivity index (χ4n) is 3.24. The van der Waals surface area contributed by atoms with E-state index in [1.54, 1.807) is 24.3 Å². The van der Waals surface area contributed by atoms with Gasteiger partial charge in [0.2, 0.25) is 0 Å². The normalized spacial score (nSPS) is 17.2. The molecule has 1 saturated carbocycles. The average Bonchev–Trinajstić information content (AvgIpc) is 3.42. The lowest BCUT2D eigenvalue weighted by Crippen LogP contribution is -2.44. The zero-order chi connectivity index (χ0) is 17.8. The van der Waals surface area contributed by atoms with E-state index in [4.69, 9.17) is 4.74 Å². The number of carbonyl (C=O) groups excluding carboxylic acids is 1. The summed E-state index contributed by atoms with van der Waals surface area (Å²) in [5.74, 6) is 5.36. The van der Waals surface area contributed by atoms with Crippen LogP contribution in [0.5, 0.6) is 0 Å². The Kier molecular flexibility index (Phi) is 5.32. The first kappa shape index (κ1) is 18.0. The van der Waals surface area contributed by atoms with Gasteiger partial charge in [0.15, 0.2) is 0 Å². The van der Waals surface area contributed by atoms with Gasteiger partial charge in [0.05, 0.1) is 24.2 Å². The molecule has 0 bridgehead atoms. The second kappa shape index (κ2) is 7.07. The van der Waals surface area contributed by atoms with Crippen molar-refractivity contribution in [1.82, 2.24) is 0 Å². The number of methoxy groups -OCH3 is 1. The third-order valence-corrected chi connectivity index (χ3v) is 4.99. The van der Waals surface area contributed by atoms with E-state index in [1.807, 2.05) is 13.8 Å². The minimum Gasteiger partial charge on any atom is -0.465 e. The van der Waals surface area contributed by atoms with Crippen molar-refractivity contribution in [3.8, 4) is 17.9 Å². The number of nitriles is 1. The molecule has 2 rings (SSSR count). The van der Waals surface area contributed by atoms with Gasteiger partial charge in [-0.05, 0) is 37.8 Å². The van der Waals surface area contributed by atoms with Crippen LogP contribution in [-0.2, 0) is 4.74 Å². The Balaban J connectivity index is 2.49. The van der Waals surface area contributed by atoms with Gasteiger partial charge in [0, 0.05) is 11.5 Å². The first-order valence-corrected chi connectivity index (χ1v) is 8.32. The van der Waals surface area contributed by atoms with Gasteiger partial charge in [-0.3, -0.25) is 0 Å². The molecule has 0 aliphatic heterocycles. The zero-order valence-corrected chi connectivity index (χ0v) is 14.4. The number of benzene rings is 1. The Bertz CT molecular complexity index is 714. The number of esters is 1. The summed E-state index contributed by atoms with van der Waals surface area (Å²) in [6.07, 6.45) is 2.79. The molecule has 0 spiro atoms. The van der Waals surface area contributed by atoms with Crippen LogP contribution in [0.25, 0.3) is 0 Å². The number of hydrogen-bond donors (Lipinski definition) is 1. The van der Waals surface area contributed by atoms with E-state index in [0.29, 0.717) is 24.0 Å². The molecule has 0 saturated heterocycles. The molecule has 1 aromatic rings. The van der Waals surface area contributed by atoms with Crippen LogP contribution in [0.15, 0.2) is 24.3 Å². The molecule has 1 aliphatic rings. The smallest absolute Gasteiger partial charge is 0.339 e. The van der Waals surface area contributed by atoms with Crippen LogP contribution in [0.3, 0.4) is 0 Å². The second-order valence-corrected chi connectivity index (χ2v) is 6.26. The quantitative estimate of drug-likeness (QED) is 0.666. The Morgan fingerprint density at radius 1 is 1.38 bits per heavy atom. The summed E-state index contributed by atoms with van der Waals surface area (Å²) in [5, 5.41) is 20.9. The molecule has 0 aromatic heterocycles. The number of carbonyl (C=O) groups is 1. The van der Waals surface area contributed by atoms with Crippen LogP contribution in [-0.4, -0.2) is 23.8 Å². The van der Waals surface area contributed by atoms with Gasteiger partial charge < -0.3 is 9.84 Å². The lowest BCUT2D eigenvalue weighted by Gasteiger charge is -2.34. The second-order valence-electron chi connectivity index (χ2n) is 6.26. The minimum atomic E-state index is -1.37. The maximum atomic E-state index is 11.9. The molecule has 1 aliphatic carbocycles. The van der Waals surface area contributed by atoms with E-state index in [9.17, 15) is 15.2 Å². The number of aliphatic hydroxyl groups is 1. The van der Waals surface area contributed by atoms with Crippen molar-refractivity contribution in [3.63, 3.8) is 0 Å². The summed E-state index contributed by atoms with van der Waals surface area (Å²) in [7, 11) is 1.32. The first-order chi connectivity index (χ1) is 11.5. The Labute approximate surface area is 143 Å². The molecule has 4 heteroatoms. The van der Waals surface area contributed by atoms with Crippen LogP contribution in [0.1, 0.15) is 55.5 Å². The van der Waals surface area contributed by atoms with Crippen molar-refractivity contribution in [3.05, 3.63) is 35.4 Å². The molecule has 0 radical (unpaired) electrons. The third-order valence-electron chi connectivity index (χ3n) is 4.99. The molecular weight excluding hydrogens is 302 g/mol. The predicted octanol–water partition coefficient (Wildman–Crippen LogP) is 3.30. The van der Waals surface area contributed by atoms with E-state index in [1.165, 1.54) is 7.11 Å². The molecule has 1 fully saturated rings. The van der Waals surface area contributed by atoms with Gasteiger partial charge >= 0.3 is 5.97 Å². The van der Waals surface area contributed by atoms with Crippen molar-refractivity contribution >= 4 is 5.97 Å². The number of hydrogen-bond acceptors (Lipinski definition) is 4. The first-order valence-electron chi connectivity index (χ1n) is 8.32. The van der Waals surface area contributed by atoms with E-state index in [0.717, 1.165) is 12.8 Å². The lowest BCUT2D eigenvalue weighted by atomic mass is 9.73. The van der Waals surface area contributed by atoms with E-state index >= 15 is 0 Å². The summed E-state index contributed by atoms with van der Waals surface area (Å²) >= 11 is 0. The summed E-state index contributed by atoms with van der Waals surface area (Å²) in [5.41, 5.74) is -1.30. The van der Waals surface area contributed by atoms with Gasteiger partial charge in [0.25, 0.3) is 0 Å². The standard InChI is InChI=1S/C20H23NO3/c1-4-16(5-2)20(23,19(14-21)12-13-19)11-10-15-8-6-7-9-17(15)18(22)24-3/h6-9,16,23H,4-5,12-13H2,1-3H3. The van der Waals surface area contributed by atoms with Crippen molar-refractivity contribution < 1.29 is 14.6 Å². The van der Waals surface area contributed by atoms with Crippen molar-refractivity contribution in [2.45, 2.75) is 45.1 Å². The van der Waals surface area contributed by atoms with Gasteiger partial charge in [-0.2, -0.15) is 5.26 Å². The molecular formula is C20H23NO3. The molecule has 1 atom stereocenters. The van der Waals surface area contributed by atoms with E-state index in [2.05, 4.69) is 17.9 Å². The van der Waals surface area contributed by atoms with Crippen molar-refractivity contribution in [1.29, 1.82) is 5.26 Å². The van der Waals surface area contributed by atoms with Crippen LogP contribution in [0.2, 0.25) is 0 Å². The third kappa shape index (κ3) is 3.03. The molecule has 4 nitrogen and oxygen atoms in total. The maximum absolute atomic E-state index is 11.9. The highest BCUT2D eigenvalue weighted by Crippen LogP contribution is 2.57. The topological polar surface area (TPSA) is 70.3 Å². The lowest BCUT2D eigenvalue weighted by molar-refractivity contribution is -0.0123. The minimum absolute atomic E-state index is 0.0857. The maximum Gasteiger partial charge on any atom is 0.339 e. The Hall–Kier alpha value is -2.30. The molecule has 24 heavy (non-hydrogen) atoms. The number of rotatable bonds is 5. The molecule has 0 heterocycles. The highest BCUT2D eigenvalue weighted by Gasteiger charge is 2.61. The van der Waals surface area contributed by atoms with Crippen LogP contribution in [0.4, 0.5) is 0 Å². The Morgan fingerprint density at radius 2 is 2.00 bits per heavy atom. The van der Waals surface area contributed by atoms with Crippen molar-refractivity contribution in [2.75, 3.05) is 7.11 Å². The van der Waals surface area contributed by atoms with Crippen LogP contribution < -0.4 is 0 Å². The van der Waals surface area contributed by atoms with Crippen LogP contribution >= 0.6 is 0 Å². The van der Waals surface area contributed by atoms with Gasteiger partial charge in [-0.1, -0.05) is 37.8 Å². The van der Waals surface area contributed by atoms with Crippen LogP contribution in [0, 0.1) is 34.5 Å². The van der Waals surface area contributed by atoms with Gasteiger partial charge in [-0.25, -0.2) is 4.79 Å². The highest BCUT2D eigenvalue weighted by atomic mass is 16.5. The van der Waals surface area contributed by atoms with Gasteiger partial charge in [0.1, 0.15) is 5.60 Å². The molecule has 1 aromatic carbocycles. The number of nitrogens with zero attached hydrogens (tertiary/aromatic N) is 1. The summed E-state index contributed by atoms with van der Waals surface area (Å²) < 4.78 is 4.78. The van der Waals surface area contributed by atoms with E-state index < -0.39 is 17.0 Å². The van der Waals surface area contributed by atoms with E-state index in [-0.39, 0.29) is 5.92 Å². The van der Waals surface area contributed by atoms with Crippen molar-refractivity contribution in [2.24, 2.45) is 11.3 Å². The summed E-state index contributed by atoms with van der Waals surface area (Å²) in [4.78, 5) is 11.9. The largest absolute Gasteiger partial charge is 0.465 e. The average molecular weight is 325 g/mol. The number of ether oxygens (including phenoxy) is 1. The summed E-state index contributed by atoms with van der Waals surface area (Å²) in [6, 6.07) is 9.17. The summed E-state index contributed by atoms with van der Waals surface area (Å²) in [6.45, 7) is 3.99. The fraction of sp³-hybridized carbons (Fsp3) is 0.500. The zero-order valence-electron chi connectivity index (χ0n) is 14.4. The Morgan fingerprint density at radius 3 is 2.50 bits per heavy atom. The predicted molar refractivity (Wildman–Crippen MR) is 91.0 cm³/mol. The molecule has 1 unspecified atom stereocenters. The highest BCUT2D eigenvalue weighted by molar-refractivity contribution is 5.92. The SMILES string of the molecule is CCC(CC)C(O)(C#Cc1ccccc1C(=O)OC)C1(C#N)CC1.